The van der Waals surface area contributed by atoms with Crippen molar-refractivity contribution in [2.75, 3.05) is 19.6 Å². The summed E-state index contributed by atoms with van der Waals surface area (Å²) in [7, 11) is 0. The van der Waals surface area contributed by atoms with E-state index in [0.29, 0.717) is 12.2 Å². The first kappa shape index (κ1) is 15.3. The van der Waals surface area contributed by atoms with E-state index in [2.05, 4.69) is 25.7 Å². The molecule has 2 aliphatic heterocycles. The van der Waals surface area contributed by atoms with Crippen molar-refractivity contribution in [1.82, 2.24) is 4.90 Å². The summed E-state index contributed by atoms with van der Waals surface area (Å²) < 4.78 is 5.93. The highest BCUT2D eigenvalue weighted by Crippen LogP contribution is 2.35. The van der Waals surface area contributed by atoms with Crippen LogP contribution in [0.4, 0.5) is 0 Å². The van der Waals surface area contributed by atoms with Crippen molar-refractivity contribution in [1.29, 1.82) is 0 Å². The van der Waals surface area contributed by atoms with Crippen LogP contribution < -0.4 is 5.73 Å². The van der Waals surface area contributed by atoms with Gasteiger partial charge in [0.05, 0.1) is 12.2 Å². The van der Waals surface area contributed by atoms with Gasteiger partial charge >= 0.3 is 0 Å². The first-order valence-electron chi connectivity index (χ1n) is 8.20. The summed E-state index contributed by atoms with van der Waals surface area (Å²) in [5.74, 6) is 0.925. The van der Waals surface area contributed by atoms with Gasteiger partial charge in [-0.1, -0.05) is 13.3 Å². The highest BCUT2D eigenvalue weighted by Gasteiger charge is 2.42. The van der Waals surface area contributed by atoms with Gasteiger partial charge in [0.25, 0.3) is 0 Å². The first-order valence-corrected chi connectivity index (χ1v) is 8.20. The Balaban J connectivity index is 2.07. The fourth-order valence-corrected chi connectivity index (χ4v) is 4.25. The van der Waals surface area contributed by atoms with Crippen molar-refractivity contribution in [3.05, 3.63) is 0 Å². The first-order chi connectivity index (χ1) is 9.09. The molecule has 2 aliphatic rings. The molecule has 2 rings (SSSR count). The fraction of sp³-hybridized carbons (Fsp3) is 1.00. The van der Waals surface area contributed by atoms with Crippen LogP contribution in [0.2, 0.25) is 0 Å². The molecule has 0 amide bonds. The molecule has 19 heavy (non-hydrogen) atoms. The molecule has 3 unspecified atom stereocenters. The zero-order valence-electron chi connectivity index (χ0n) is 13.0. The van der Waals surface area contributed by atoms with E-state index in [4.69, 9.17) is 10.5 Å². The van der Waals surface area contributed by atoms with Gasteiger partial charge in [0.15, 0.2) is 0 Å². The molecule has 0 bridgehead atoms. The van der Waals surface area contributed by atoms with Gasteiger partial charge in [-0.3, -0.25) is 4.90 Å². The molecular formula is C16H32N2O. The molecule has 2 saturated heterocycles. The van der Waals surface area contributed by atoms with Crippen LogP contribution >= 0.6 is 0 Å². The van der Waals surface area contributed by atoms with Crippen molar-refractivity contribution in [3.8, 4) is 0 Å². The molecule has 3 atom stereocenters. The van der Waals surface area contributed by atoms with Gasteiger partial charge in [0, 0.05) is 12.1 Å². The highest BCUT2D eigenvalue weighted by molar-refractivity contribution is 4.98. The zero-order chi connectivity index (χ0) is 13.9. The van der Waals surface area contributed by atoms with Gasteiger partial charge in [-0.05, 0) is 65.0 Å². The second-order valence-electron chi connectivity index (χ2n) is 6.79. The molecule has 0 radical (unpaired) electrons. The standard InChI is InChI=1S/C16H32N2O/c1-4-15-6-5-8-18(9-7-15)16(12-17)10-13(2)19-14(3)11-16/h13-15H,4-12,17H2,1-3H3. The van der Waals surface area contributed by atoms with Crippen molar-refractivity contribution >= 4 is 0 Å². The van der Waals surface area contributed by atoms with Crippen LogP contribution in [0.15, 0.2) is 0 Å². The number of rotatable bonds is 3. The summed E-state index contributed by atoms with van der Waals surface area (Å²) in [4.78, 5) is 2.71. The summed E-state index contributed by atoms with van der Waals surface area (Å²) in [5, 5.41) is 0. The Bertz CT molecular complexity index is 272. The molecule has 0 spiro atoms. The second-order valence-corrected chi connectivity index (χ2v) is 6.79. The maximum absolute atomic E-state index is 6.21. The number of hydrogen-bond acceptors (Lipinski definition) is 3. The summed E-state index contributed by atoms with van der Waals surface area (Å²) in [6, 6.07) is 0. The van der Waals surface area contributed by atoms with E-state index in [9.17, 15) is 0 Å². The second kappa shape index (κ2) is 6.55. The van der Waals surface area contributed by atoms with Crippen molar-refractivity contribution < 1.29 is 4.74 Å². The van der Waals surface area contributed by atoms with E-state index < -0.39 is 0 Å². The minimum absolute atomic E-state index is 0.194. The molecule has 2 N–H and O–H groups in total. The summed E-state index contributed by atoms with van der Waals surface area (Å²) in [5.41, 5.74) is 6.41. The summed E-state index contributed by atoms with van der Waals surface area (Å²) in [6.45, 7) is 9.97. The Labute approximate surface area is 118 Å². The van der Waals surface area contributed by atoms with E-state index in [1.807, 2.05) is 0 Å². The predicted molar refractivity (Wildman–Crippen MR) is 80.2 cm³/mol. The third-order valence-electron chi connectivity index (χ3n) is 5.28. The Kier molecular flexibility index (Phi) is 5.27. The maximum Gasteiger partial charge on any atom is 0.0568 e. The lowest BCUT2D eigenvalue weighted by atomic mass is 9.82. The van der Waals surface area contributed by atoms with Crippen LogP contribution in [0.5, 0.6) is 0 Å². The van der Waals surface area contributed by atoms with E-state index in [0.717, 1.165) is 25.3 Å². The normalized spacial score (nSPS) is 42.0. The minimum Gasteiger partial charge on any atom is -0.375 e. The molecule has 0 aliphatic carbocycles. The van der Waals surface area contributed by atoms with Crippen LogP contribution in [0, 0.1) is 5.92 Å². The average Bonchev–Trinajstić information content (AvgIpc) is 2.63. The van der Waals surface area contributed by atoms with E-state index >= 15 is 0 Å². The lowest BCUT2D eigenvalue weighted by Gasteiger charge is -2.49. The molecule has 0 aromatic heterocycles. The minimum atomic E-state index is 0.194. The topological polar surface area (TPSA) is 38.5 Å². The van der Waals surface area contributed by atoms with Crippen molar-refractivity contribution in [2.24, 2.45) is 11.7 Å². The number of ether oxygens (including phenoxy) is 1. The number of hydrogen-bond donors (Lipinski definition) is 1. The lowest BCUT2D eigenvalue weighted by Crippen LogP contribution is -2.60. The molecule has 112 valence electrons. The van der Waals surface area contributed by atoms with Crippen LogP contribution in [-0.4, -0.2) is 42.3 Å². The lowest BCUT2D eigenvalue weighted by molar-refractivity contribution is -0.103. The molecule has 0 aromatic carbocycles. The van der Waals surface area contributed by atoms with Crippen molar-refractivity contribution in [2.45, 2.75) is 77.0 Å². The van der Waals surface area contributed by atoms with Gasteiger partial charge in [0.1, 0.15) is 0 Å². The number of nitrogens with zero attached hydrogens (tertiary/aromatic N) is 1. The van der Waals surface area contributed by atoms with Gasteiger partial charge < -0.3 is 10.5 Å². The molecule has 3 heteroatoms. The monoisotopic (exact) mass is 268 g/mol. The number of likely N-dealkylation sites (tertiary alicyclic amines) is 1. The average molecular weight is 268 g/mol. The fourth-order valence-electron chi connectivity index (χ4n) is 4.25. The zero-order valence-corrected chi connectivity index (χ0v) is 13.0. The van der Waals surface area contributed by atoms with Crippen LogP contribution in [0.25, 0.3) is 0 Å². The Morgan fingerprint density at radius 1 is 1.16 bits per heavy atom. The van der Waals surface area contributed by atoms with E-state index in [1.165, 1.54) is 38.8 Å². The molecular weight excluding hydrogens is 236 g/mol. The smallest absolute Gasteiger partial charge is 0.0568 e. The molecule has 0 aromatic rings. The largest absolute Gasteiger partial charge is 0.375 e. The molecule has 2 fully saturated rings. The van der Waals surface area contributed by atoms with Gasteiger partial charge in [-0.15, -0.1) is 0 Å². The van der Waals surface area contributed by atoms with E-state index in [1.54, 1.807) is 0 Å². The van der Waals surface area contributed by atoms with Crippen molar-refractivity contribution in [3.63, 3.8) is 0 Å². The summed E-state index contributed by atoms with van der Waals surface area (Å²) >= 11 is 0. The maximum atomic E-state index is 6.21. The van der Waals surface area contributed by atoms with Crippen LogP contribution in [0.3, 0.4) is 0 Å². The highest BCUT2D eigenvalue weighted by atomic mass is 16.5. The van der Waals surface area contributed by atoms with E-state index in [-0.39, 0.29) is 5.54 Å². The van der Waals surface area contributed by atoms with Gasteiger partial charge in [-0.25, -0.2) is 0 Å². The van der Waals surface area contributed by atoms with Crippen LogP contribution in [0.1, 0.15) is 59.3 Å². The molecule has 0 saturated carbocycles. The Morgan fingerprint density at radius 3 is 2.42 bits per heavy atom. The third-order valence-corrected chi connectivity index (χ3v) is 5.28. The van der Waals surface area contributed by atoms with Gasteiger partial charge in [0.2, 0.25) is 0 Å². The molecule has 3 nitrogen and oxygen atoms in total. The number of nitrogens with two attached hydrogens (primary N) is 1. The van der Waals surface area contributed by atoms with Gasteiger partial charge in [-0.2, -0.15) is 0 Å². The quantitative estimate of drug-likeness (QED) is 0.855. The predicted octanol–water partition coefficient (Wildman–Crippen LogP) is 2.78. The Hall–Kier alpha value is -0.120. The van der Waals surface area contributed by atoms with Crippen LogP contribution in [-0.2, 0) is 4.74 Å². The SMILES string of the molecule is CCC1CCCN(C2(CN)CC(C)OC(C)C2)CC1. The Morgan fingerprint density at radius 2 is 1.84 bits per heavy atom. The third kappa shape index (κ3) is 3.50. The summed E-state index contributed by atoms with van der Waals surface area (Å²) in [6.07, 6.45) is 8.31. The molecule has 2 heterocycles.